The number of ether oxygens (including phenoxy) is 2. The maximum atomic E-state index is 13.8. The summed E-state index contributed by atoms with van der Waals surface area (Å²) in [6, 6.07) is 17.6. The van der Waals surface area contributed by atoms with Crippen LogP contribution < -0.4 is 15.6 Å². The Balaban J connectivity index is 1.75. The Kier molecular flexibility index (Phi) is 9.62. The summed E-state index contributed by atoms with van der Waals surface area (Å²) >= 11 is 6.25. The van der Waals surface area contributed by atoms with E-state index in [1.807, 2.05) is 13.8 Å². The van der Waals surface area contributed by atoms with E-state index in [2.05, 4.69) is 5.32 Å². The first-order valence-electron chi connectivity index (χ1n) is 13.5. The molecule has 1 atom stereocenters. The zero-order chi connectivity index (χ0) is 29.5. The van der Waals surface area contributed by atoms with Crippen molar-refractivity contribution in [1.82, 2.24) is 14.5 Å². The molecule has 41 heavy (non-hydrogen) atoms. The van der Waals surface area contributed by atoms with Gasteiger partial charge >= 0.3 is 12.0 Å². The number of rotatable bonds is 10. The fraction of sp³-hybridized carbons (Fsp3) is 0.290. The lowest BCUT2D eigenvalue weighted by Crippen LogP contribution is -2.40. The first kappa shape index (κ1) is 29.6. The highest BCUT2D eigenvalue weighted by Crippen LogP contribution is 2.26. The minimum atomic E-state index is -0.599. The quantitative estimate of drug-likeness (QED) is 0.213. The summed E-state index contributed by atoms with van der Waals surface area (Å²) in [6.45, 7) is 6.33. The second kappa shape index (κ2) is 13.3. The van der Waals surface area contributed by atoms with Crippen molar-refractivity contribution in [2.45, 2.75) is 39.7 Å². The molecule has 10 heteroatoms. The van der Waals surface area contributed by atoms with Gasteiger partial charge in [0, 0.05) is 17.3 Å². The molecule has 1 aromatic heterocycles. The third-order valence-corrected chi connectivity index (χ3v) is 6.93. The Bertz CT molecular complexity index is 1590. The second-order valence-electron chi connectivity index (χ2n) is 9.42. The van der Waals surface area contributed by atoms with E-state index >= 15 is 0 Å². The van der Waals surface area contributed by atoms with Gasteiger partial charge < -0.3 is 19.7 Å². The summed E-state index contributed by atoms with van der Waals surface area (Å²) < 4.78 is 11.9. The molecular weight excluding hydrogens is 544 g/mol. The van der Waals surface area contributed by atoms with Crippen molar-refractivity contribution in [3.8, 4) is 11.4 Å². The number of urea groups is 1. The maximum absolute atomic E-state index is 13.8. The molecule has 0 saturated carbocycles. The first-order valence-corrected chi connectivity index (χ1v) is 13.9. The number of esters is 1. The topological polar surface area (TPSA) is 103 Å². The van der Waals surface area contributed by atoms with Gasteiger partial charge in [0.05, 0.1) is 41.9 Å². The van der Waals surface area contributed by atoms with Crippen LogP contribution >= 0.6 is 11.6 Å². The predicted octanol–water partition coefficient (Wildman–Crippen LogP) is 6.62. The molecule has 3 aromatic carbocycles. The molecule has 0 radical (unpaired) electrons. The van der Waals surface area contributed by atoms with Crippen LogP contribution in [0.5, 0.6) is 5.75 Å². The Morgan fingerprint density at radius 3 is 2.39 bits per heavy atom. The Morgan fingerprint density at radius 1 is 1.05 bits per heavy atom. The smallest absolute Gasteiger partial charge is 0.338 e. The number of methoxy groups -OCH3 is 1. The van der Waals surface area contributed by atoms with Crippen molar-refractivity contribution in [3.63, 3.8) is 0 Å². The molecular formula is C31H33ClN4O5. The van der Waals surface area contributed by atoms with Gasteiger partial charge in [0.15, 0.2) is 0 Å². The van der Waals surface area contributed by atoms with Crippen LogP contribution in [0.4, 0.5) is 10.5 Å². The highest BCUT2D eigenvalue weighted by atomic mass is 35.5. The lowest BCUT2D eigenvalue weighted by Gasteiger charge is -2.30. The minimum Gasteiger partial charge on any atom is -0.497 e. The number of halogens is 1. The van der Waals surface area contributed by atoms with Crippen LogP contribution in [0.25, 0.3) is 16.6 Å². The molecule has 0 fully saturated rings. The molecule has 1 unspecified atom stereocenters. The zero-order valence-electron chi connectivity index (χ0n) is 23.5. The molecule has 0 aliphatic rings. The number of carbonyl (C=O) groups is 2. The molecule has 2 amide bonds. The molecule has 0 spiro atoms. The van der Waals surface area contributed by atoms with Gasteiger partial charge in [-0.25, -0.2) is 14.6 Å². The highest BCUT2D eigenvalue weighted by molar-refractivity contribution is 6.31. The average molecular weight is 577 g/mol. The van der Waals surface area contributed by atoms with Crippen LogP contribution in [0.2, 0.25) is 5.02 Å². The lowest BCUT2D eigenvalue weighted by molar-refractivity contribution is 0.0526. The SMILES string of the molecule is CCCCN(C(=O)Nc1ccc(C(=O)OCC)cc1)C(C)c1nc2cc(Cl)ccc2c(=O)n1-c1ccc(OC)cc1. The number of amides is 2. The van der Waals surface area contributed by atoms with Gasteiger partial charge in [0.1, 0.15) is 11.6 Å². The highest BCUT2D eigenvalue weighted by Gasteiger charge is 2.27. The second-order valence-corrected chi connectivity index (χ2v) is 9.86. The van der Waals surface area contributed by atoms with Crippen LogP contribution in [0, 0.1) is 0 Å². The van der Waals surface area contributed by atoms with E-state index in [1.54, 1.807) is 85.7 Å². The molecule has 0 aliphatic heterocycles. The van der Waals surface area contributed by atoms with E-state index in [9.17, 15) is 14.4 Å². The first-order chi connectivity index (χ1) is 19.8. The fourth-order valence-corrected chi connectivity index (χ4v) is 4.64. The van der Waals surface area contributed by atoms with E-state index < -0.39 is 12.0 Å². The molecule has 1 heterocycles. The Morgan fingerprint density at radius 2 is 1.76 bits per heavy atom. The summed E-state index contributed by atoms with van der Waals surface area (Å²) in [5.41, 5.74) is 1.67. The molecule has 0 bridgehead atoms. The van der Waals surface area contributed by atoms with Crippen molar-refractivity contribution in [3.05, 3.63) is 93.5 Å². The van der Waals surface area contributed by atoms with Crippen molar-refractivity contribution in [2.75, 3.05) is 25.6 Å². The van der Waals surface area contributed by atoms with Crippen molar-refractivity contribution < 1.29 is 19.1 Å². The van der Waals surface area contributed by atoms with E-state index in [4.69, 9.17) is 26.1 Å². The van der Waals surface area contributed by atoms with Crippen molar-refractivity contribution in [1.29, 1.82) is 0 Å². The standard InChI is InChI=1S/C31H33ClN4O5/c1-5-7-18-35(31(39)33-23-11-8-21(9-12-23)30(38)41-6-2)20(3)28-34-27-19-22(32)10-17-26(27)29(37)36(28)24-13-15-25(40-4)16-14-24/h8-17,19-20H,5-7,18H2,1-4H3,(H,33,39). The van der Waals surface area contributed by atoms with Gasteiger partial charge in [-0.15, -0.1) is 0 Å². The van der Waals surface area contributed by atoms with E-state index in [1.165, 1.54) is 4.57 Å². The molecule has 4 rings (SSSR count). The van der Waals surface area contributed by atoms with Gasteiger partial charge in [0.25, 0.3) is 5.56 Å². The number of hydrogen-bond acceptors (Lipinski definition) is 6. The lowest BCUT2D eigenvalue weighted by atomic mass is 10.1. The van der Waals surface area contributed by atoms with Crippen LogP contribution in [0.3, 0.4) is 0 Å². The van der Waals surface area contributed by atoms with Crippen LogP contribution in [0.1, 0.15) is 55.8 Å². The number of hydrogen-bond donors (Lipinski definition) is 1. The Labute approximate surface area is 243 Å². The third kappa shape index (κ3) is 6.69. The molecule has 0 aliphatic carbocycles. The van der Waals surface area contributed by atoms with Crippen LogP contribution in [0.15, 0.2) is 71.5 Å². The third-order valence-electron chi connectivity index (χ3n) is 6.69. The van der Waals surface area contributed by atoms with Gasteiger partial charge in [-0.3, -0.25) is 9.36 Å². The number of anilines is 1. The molecule has 1 N–H and O–H groups in total. The summed E-state index contributed by atoms with van der Waals surface area (Å²) in [7, 11) is 1.57. The molecule has 9 nitrogen and oxygen atoms in total. The van der Waals surface area contributed by atoms with E-state index in [0.717, 1.165) is 12.8 Å². The number of fused-ring (bicyclic) bond motifs is 1. The number of benzene rings is 3. The average Bonchev–Trinajstić information content (AvgIpc) is 2.97. The molecule has 0 saturated heterocycles. The van der Waals surface area contributed by atoms with Crippen molar-refractivity contribution in [2.24, 2.45) is 0 Å². The normalized spacial score (nSPS) is 11.6. The largest absolute Gasteiger partial charge is 0.497 e. The van der Waals surface area contributed by atoms with Gasteiger partial charge in [-0.05, 0) is 87.0 Å². The fourth-order valence-electron chi connectivity index (χ4n) is 4.48. The number of unbranched alkanes of at least 4 members (excludes halogenated alkanes) is 1. The monoisotopic (exact) mass is 576 g/mol. The van der Waals surface area contributed by atoms with Crippen LogP contribution in [-0.4, -0.2) is 46.7 Å². The van der Waals surface area contributed by atoms with Crippen LogP contribution in [-0.2, 0) is 4.74 Å². The van der Waals surface area contributed by atoms with E-state index in [-0.39, 0.29) is 18.2 Å². The molecule has 214 valence electrons. The van der Waals surface area contributed by atoms with Gasteiger partial charge in [-0.1, -0.05) is 24.9 Å². The predicted molar refractivity (Wildman–Crippen MR) is 160 cm³/mol. The minimum absolute atomic E-state index is 0.274. The summed E-state index contributed by atoms with van der Waals surface area (Å²) in [5, 5.41) is 3.78. The van der Waals surface area contributed by atoms with Gasteiger partial charge in [-0.2, -0.15) is 0 Å². The zero-order valence-corrected chi connectivity index (χ0v) is 24.3. The molecule has 4 aromatic rings. The van der Waals surface area contributed by atoms with Crippen molar-refractivity contribution >= 4 is 40.2 Å². The maximum Gasteiger partial charge on any atom is 0.338 e. The summed E-state index contributed by atoms with van der Waals surface area (Å²) in [6.07, 6.45) is 1.60. The number of nitrogens with zero attached hydrogens (tertiary/aromatic N) is 3. The number of aromatic nitrogens is 2. The summed E-state index contributed by atoms with van der Waals surface area (Å²) in [4.78, 5) is 46.0. The van der Waals surface area contributed by atoms with E-state index in [0.29, 0.717) is 51.0 Å². The Hall–Kier alpha value is -4.37. The van der Waals surface area contributed by atoms with Gasteiger partial charge in [0.2, 0.25) is 0 Å². The summed E-state index contributed by atoms with van der Waals surface area (Å²) in [5.74, 6) is 0.608. The number of carbonyl (C=O) groups excluding carboxylic acids is 2. The number of nitrogens with one attached hydrogen (secondary N) is 1.